The second-order valence-electron chi connectivity index (χ2n) is 4.67. The Balaban J connectivity index is 2.44. The van der Waals surface area contributed by atoms with Gasteiger partial charge in [-0.2, -0.15) is 0 Å². The van der Waals surface area contributed by atoms with E-state index in [-0.39, 0.29) is 6.10 Å². The van der Waals surface area contributed by atoms with E-state index >= 15 is 0 Å². The van der Waals surface area contributed by atoms with Crippen LogP contribution in [0.5, 0.6) is 0 Å². The molecule has 0 saturated carbocycles. The summed E-state index contributed by atoms with van der Waals surface area (Å²) >= 11 is 0. The molecule has 0 saturated heterocycles. The number of hydrogen-bond donors (Lipinski definition) is 1. The predicted octanol–water partition coefficient (Wildman–Crippen LogP) is 3.67. The average Bonchev–Trinajstić information content (AvgIpc) is 2.49. The summed E-state index contributed by atoms with van der Waals surface area (Å²) in [6.45, 7) is 1.97. The number of ether oxygens (including phenoxy) is 1. The highest BCUT2D eigenvalue weighted by Gasteiger charge is 2.38. The average molecular weight is 256 g/mol. The summed E-state index contributed by atoms with van der Waals surface area (Å²) in [5.41, 5.74) is 0.851. The van der Waals surface area contributed by atoms with Gasteiger partial charge in [-0.1, -0.05) is 67.6 Å². The summed E-state index contributed by atoms with van der Waals surface area (Å²) < 4.78 is 5.60. The lowest BCUT2D eigenvalue weighted by Crippen LogP contribution is -2.34. The first-order valence-corrected chi connectivity index (χ1v) is 6.58. The van der Waals surface area contributed by atoms with E-state index in [2.05, 4.69) is 0 Å². The Morgan fingerprint density at radius 3 is 2.00 bits per heavy atom. The Hall–Kier alpha value is -1.64. The van der Waals surface area contributed by atoms with Crippen LogP contribution in [-0.4, -0.2) is 12.2 Å². The van der Waals surface area contributed by atoms with Crippen molar-refractivity contribution in [2.24, 2.45) is 0 Å². The van der Waals surface area contributed by atoms with E-state index < -0.39 is 5.60 Å². The first kappa shape index (κ1) is 13.8. The van der Waals surface area contributed by atoms with Crippen molar-refractivity contribution >= 4 is 0 Å². The third-order valence-electron chi connectivity index (χ3n) is 3.58. The second-order valence-corrected chi connectivity index (χ2v) is 4.67. The molecular weight excluding hydrogens is 236 g/mol. The normalized spacial score (nSPS) is 15.7. The molecule has 0 heterocycles. The SMILES string of the molecule is CC[C@](O)(c1ccccc1)[C@H](OC)c1ccccc1. The first-order chi connectivity index (χ1) is 9.22. The summed E-state index contributed by atoms with van der Waals surface area (Å²) in [5, 5.41) is 11.1. The van der Waals surface area contributed by atoms with Crippen LogP contribution in [0.1, 0.15) is 30.6 Å². The molecule has 0 spiro atoms. The van der Waals surface area contributed by atoms with Crippen LogP contribution in [0.4, 0.5) is 0 Å². The monoisotopic (exact) mass is 256 g/mol. The van der Waals surface area contributed by atoms with Crippen LogP contribution in [0.2, 0.25) is 0 Å². The predicted molar refractivity (Wildman–Crippen MR) is 76.8 cm³/mol. The molecule has 0 aliphatic rings. The molecule has 2 atom stereocenters. The summed E-state index contributed by atoms with van der Waals surface area (Å²) in [5.74, 6) is 0. The Bertz CT molecular complexity index is 495. The third-order valence-corrected chi connectivity index (χ3v) is 3.58. The molecule has 0 aliphatic carbocycles. The van der Waals surface area contributed by atoms with Crippen LogP contribution >= 0.6 is 0 Å². The third kappa shape index (κ3) is 2.70. The van der Waals surface area contributed by atoms with Crippen molar-refractivity contribution in [3.05, 3.63) is 71.8 Å². The summed E-state index contributed by atoms with van der Waals surface area (Å²) in [6.07, 6.45) is 0.214. The summed E-state index contributed by atoms with van der Waals surface area (Å²) in [7, 11) is 1.64. The van der Waals surface area contributed by atoms with Gasteiger partial charge in [0.05, 0.1) is 0 Å². The minimum Gasteiger partial charge on any atom is -0.382 e. The molecule has 100 valence electrons. The molecular formula is C17H20O2. The zero-order chi connectivity index (χ0) is 13.7. The van der Waals surface area contributed by atoms with Crippen molar-refractivity contribution in [1.29, 1.82) is 0 Å². The van der Waals surface area contributed by atoms with Crippen molar-refractivity contribution < 1.29 is 9.84 Å². The van der Waals surface area contributed by atoms with Gasteiger partial charge in [0.1, 0.15) is 11.7 Å². The molecule has 0 aromatic heterocycles. The van der Waals surface area contributed by atoms with E-state index in [1.54, 1.807) is 7.11 Å². The van der Waals surface area contributed by atoms with Gasteiger partial charge in [0.2, 0.25) is 0 Å². The highest BCUT2D eigenvalue weighted by Crippen LogP contribution is 2.39. The fourth-order valence-corrected chi connectivity index (χ4v) is 2.50. The molecule has 0 unspecified atom stereocenters. The van der Waals surface area contributed by atoms with E-state index in [9.17, 15) is 5.11 Å². The van der Waals surface area contributed by atoms with Gasteiger partial charge >= 0.3 is 0 Å². The fraction of sp³-hybridized carbons (Fsp3) is 0.294. The van der Waals surface area contributed by atoms with Gasteiger partial charge in [-0.15, -0.1) is 0 Å². The molecule has 0 amide bonds. The smallest absolute Gasteiger partial charge is 0.120 e. The van der Waals surface area contributed by atoms with Gasteiger partial charge < -0.3 is 9.84 Å². The number of benzene rings is 2. The van der Waals surface area contributed by atoms with Crippen LogP contribution in [0.25, 0.3) is 0 Å². The lowest BCUT2D eigenvalue weighted by Gasteiger charge is -2.35. The standard InChI is InChI=1S/C17H20O2/c1-3-17(18,15-12-8-5-9-13-15)16(19-2)14-10-6-4-7-11-14/h4-13,16,18H,3H2,1-2H3/t16-,17+/m1/s1. The van der Waals surface area contributed by atoms with Crippen LogP contribution in [-0.2, 0) is 10.3 Å². The lowest BCUT2D eigenvalue weighted by molar-refractivity contribution is -0.104. The van der Waals surface area contributed by atoms with Crippen LogP contribution in [0, 0.1) is 0 Å². The molecule has 1 N–H and O–H groups in total. The molecule has 0 bridgehead atoms. The van der Waals surface area contributed by atoms with Crippen LogP contribution in [0.15, 0.2) is 60.7 Å². The van der Waals surface area contributed by atoms with E-state index in [4.69, 9.17) is 4.74 Å². The molecule has 2 aromatic carbocycles. The number of aliphatic hydroxyl groups is 1. The molecule has 0 radical (unpaired) electrons. The zero-order valence-corrected chi connectivity index (χ0v) is 11.4. The summed E-state index contributed by atoms with van der Waals surface area (Å²) in [6, 6.07) is 19.6. The highest BCUT2D eigenvalue weighted by atomic mass is 16.5. The number of rotatable bonds is 5. The number of hydrogen-bond acceptors (Lipinski definition) is 2. The molecule has 2 nitrogen and oxygen atoms in total. The summed E-state index contributed by atoms with van der Waals surface area (Å²) in [4.78, 5) is 0. The highest BCUT2D eigenvalue weighted by molar-refractivity contribution is 5.29. The maximum absolute atomic E-state index is 11.1. The van der Waals surface area contributed by atoms with E-state index in [1.807, 2.05) is 67.6 Å². The quantitative estimate of drug-likeness (QED) is 0.884. The fourth-order valence-electron chi connectivity index (χ4n) is 2.50. The van der Waals surface area contributed by atoms with E-state index in [0.29, 0.717) is 6.42 Å². The Labute approximate surface area is 114 Å². The van der Waals surface area contributed by atoms with Gasteiger partial charge in [-0.25, -0.2) is 0 Å². The molecule has 0 fully saturated rings. The number of methoxy groups -OCH3 is 1. The van der Waals surface area contributed by atoms with Crippen molar-refractivity contribution in [3.8, 4) is 0 Å². The van der Waals surface area contributed by atoms with Crippen molar-refractivity contribution in [3.63, 3.8) is 0 Å². The van der Waals surface area contributed by atoms with E-state index in [0.717, 1.165) is 11.1 Å². The molecule has 2 aromatic rings. The van der Waals surface area contributed by atoms with Gasteiger partial charge in [0.25, 0.3) is 0 Å². The maximum atomic E-state index is 11.1. The molecule has 19 heavy (non-hydrogen) atoms. The minimum atomic E-state index is -1.02. The Morgan fingerprint density at radius 2 is 1.53 bits per heavy atom. The Morgan fingerprint density at radius 1 is 1.00 bits per heavy atom. The van der Waals surface area contributed by atoms with Gasteiger partial charge in [0.15, 0.2) is 0 Å². The van der Waals surface area contributed by atoms with Gasteiger partial charge in [-0.05, 0) is 17.5 Å². The Kier molecular flexibility index (Phi) is 4.35. The zero-order valence-electron chi connectivity index (χ0n) is 11.4. The van der Waals surface area contributed by atoms with Crippen molar-refractivity contribution in [2.45, 2.75) is 25.0 Å². The topological polar surface area (TPSA) is 29.5 Å². The van der Waals surface area contributed by atoms with E-state index in [1.165, 1.54) is 0 Å². The molecule has 2 rings (SSSR count). The van der Waals surface area contributed by atoms with Crippen LogP contribution in [0.3, 0.4) is 0 Å². The van der Waals surface area contributed by atoms with Gasteiger partial charge in [0, 0.05) is 7.11 Å². The first-order valence-electron chi connectivity index (χ1n) is 6.58. The molecule has 2 heteroatoms. The molecule has 0 aliphatic heterocycles. The van der Waals surface area contributed by atoms with Crippen molar-refractivity contribution in [2.75, 3.05) is 7.11 Å². The van der Waals surface area contributed by atoms with Crippen LogP contribution < -0.4 is 0 Å². The minimum absolute atomic E-state index is 0.374. The van der Waals surface area contributed by atoms with Crippen molar-refractivity contribution in [1.82, 2.24) is 0 Å². The van der Waals surface area contributed by atoms with Gasteiger partial charge in [-0.3, -0.25) is 0 Å². The second kappa shape index (κ2) is 6.00. The largest absolute Gasteiger partial charge is 0.382 e. The lowest BCUT2D eigenvalue weighted by atomic mass is 9.82. The maximum Gasteiger partial charge on any atom is 0.120 e.